The van der Waals surface area contributed by atoms with Crippen molar-refractivity contribution in [1.29, 1.82) is 0 Å². The Bertz CT molecular complexity index is 277. The number of halogens is 6. The minimum Gasteiger partial charge on any atom is -0.444 e. The van der Waals surface area contributed by atoms with Crippen molar-refractivity contribution in [2.24, 2.45) is 0 Å². The number of nitrogens with zero attached hydrogens (tertiary/aromatic N) is 1. The molecule has 0 aliphatic rings. The first kappa shape index (κ1) is 14.9. The van der Waals surface area contributed by atoms with Gasteiger partial charge in [-0.3, -0.25) is 4.98 Å². The van der Waals surface area contributed by atoms with E-state index in [4.69, 9.17) is 0 Å². The van der Waals surface area contributed by atoms with Crippen LogP contribution in [0, 0.1) is 0 Å². The van der Waals surface area contributed by atoms with Gasteiger partial charge in [-0.2, -0.15) is 13.2 Å². The smallest absolute Gasteiger partial charge is 0.444 e. The van der Waals surface area contributed by atoms with Crippen LogP contribution in [0.25, 0.3) is 0 Å². The maximum Gasteiger partial charge on any atom is 1.00 e. The number of aromatic nitrogens is 1. The average Bonchev–Trinajstić information content (AvgIpc) is 2.28. The van der Waals surface area contributed by atoms with E-state index in [1.54, 1.807) is 0 Å². The Balaban J connectivity index is 0.00000169. The largest absolute Gasteiger partial charge is 1.00 e. The second-order valence-electron chi connectivity index (χ2n) is 2.15. The SMILES string of the molecule is F[B-](F)(F)c1csc(C(F)(F)F)n1.[K+]. The minimum atomic E-state index is -5.44. The molecule has 1 aromatic heterocycles. The quantitative estimate of drug-likeness (QED) is 0.476. The summed E-state index contributed by atoms with van der Waals surface area (Å²) in [6, 6.07) is 0. The third-order valence-corrected chi connectivity index (χ3v) is 2.01. The van der Waals surface area contributed by atoms with Crippen LogP contribution < -0.4 is 57.0 Å². The van der Waals surface area contributed by atoms with E-state index in [9.17, 15) is 26.1 Å². The molecule has 14 heavy (non-hydrogen) atoms. The van der Waals surface area contributed by atoms with Crippen LogP contribution in [0.2, 0.25) is 0 Å². The molecule has 0 atom stereocenters. The van der Waals surface area contributed by atoms with Crippen LogP contribution in [0.15, 0.2) is 5.38 Å². The van der Waals surface area contributed by atoms with Crippen LogP contribution in [-0.2, 0) is 6.18 Å². The Morgan fingerprint density at radius 3 is 1.93 bits per heavy atom. The van der Waals surface area contributed by atoms with Crippen LogP contribution in [0.5, 0.6) is 0 Å². The third-order valence-electron chi connectivity index (χ3n) is 1.10. The topological polar surface area (TPSA) is 12.9 Å². The van der Waals surface area contributed by atoms with E-state index in [0.29, 0.717) is 5.38 Å². The van der Waals surface area contributed by atoms with Crippen molar-refractivity contribution < 1.29 is 77.5 Å². The van der Waals surface area contributed by atoms with Gasteiger partial charge in [0, 0.05) is 0 Å². The summed E-state index contributed by atoms with van der Waals surface area (Å²) in [5.74, 6) is 0. The Labute approximate surface area is 121 Å². The number of hydrogen-bond acceptors (Lipinski definition) is 2. The first-order valence-corrected chi connectivity index (χ1v) is 3.82. The maximum absolute atomic E-state index is 11.8. The van der Waals surface area contributed by atoms with Crippen molar-refractivity contribution in [1.82, 2.24) is 4.98 Å². The molecule has 0 bridgehead atoms. The molecule has 0 N–H and O–H groups in total. The second kappa shape index (κ2) is 4.83. The summed E-state index contributed by atoms with van der Waals surface area (Å²) in [6.45, 7) is -5.44. The number of hydrogen-bond donors (Lipinski definition) is 0. The fraction of sp³-hybridized carbons (Fsp3) is 0.250. The monoisotopic (exact) mass is 259 g/mol. The summed E-state index contributed by atoms with van der Waals surface area (Å²) in [5, 5.41) is -1.11. The van der Waals surface area contributed by atoms with Gasteiger partial charge in [-0.15, -0.1) is 11.3 Å². The summed E-state index contributed by atoms with van der Waals surface area (Å²) < 4.78 is 70.8. The molecule has 1 heterocycles. The van der Waals surface area contributed by atoms with Crippen molar-refractivity contribution in [3.8, 4) is 0 Å². The van der Waals surface area contributed by atoms with Gasteiger partial charge in [0.2, 0.25) is 0 Å². The fourth-order valence-corrected chi connectivity index (χ4v) is 1.30. The molecule has 0 unspecified atom stereocenters. The van der Waals surface area contributed by atoms with Crippen LogP contribution >= 0.6 is 11.3 Å². The van der Waals surface area contributed by atoms with E-state index in [1.165, 1.54) is 0 Å². The molecule has 0 fully saturated rings. The average molecular weight is 259 g/mol. The van der Waals surface area contributed by atoms with E-state index in [-0.39, 0.29) is 62.7 Å². The maximum atomic E-state index is 11.8. The van der Waals surface area contributed by atoms with Gasteiger partial charge in [0.25, 0.3) is 0 Å². The van der Waals surface area contributed by atoms with E-state index in [2.05, 4.69) is 4.98 Å². The van der Waals surface area contributed by atoms with E-state index in [1.807, 2.05) is 0 Å². The van der Waals surface area contributed by atoms with E-state index in [0.717, 1.165) is 0 Å². The Kier molecular flexibility index (Phi) is 5.14. The van der Waals surface area contributed by atoms with Crippen molar-refractivity contribution >= 4 is 23.9 Å². The fourth-order valence-electron chi connectivity index (χ4n) is 0.567. The Hall–Kier alpha value is 0.911. The Morgan fingerprint density at radius 2 is 1.71 bits per heavy atom. The summed E-state index contributed by atoms with van der Waals surface area (Å²) >= 11 is -0.0571. The summed E-state index contributed by atoms with van der Waals surface area (Å²) in [7, 11) is 0. The zero-order valence-corrected chi connectivity index (χ0v) is 10.7. The molecular weight excluding hydrogens is 258 g/mol. The molecule has 0 aromatic carbocycles. The summed E-state index contributed by atoms with van der Waals surface area (Å²) in [4.78, 5) is 2.45. The summed E-state index contributed by atoms with van der Waals surface area (Å²) in [5.41, 5.74) is -1.45. The number of rotatable bonds is 1. The van der Waals surface area contributed by atoms with Gasteiger partial charge in [0.15, 0.2) is 5.01 Å². The molecular formula is C4HBF6KNS. The predicted molar refractivity (Wildman–Crippen MR) is 35.8 cm³/mol. The molecule has 1 rings (SSSR count). The van der Waals surface area contributed by atoms with Crippen molar-refractivity contribution in [2.75, 3.05) is 0 Å². The molecule has 0 aliphatic carbocycles. The van der Waals surface area contributed by atoms with Gasteiger partial charge < -0.3 is 12.9 Å². The van der Waals surface area contributed by atoms with E-state index < -0.39 is 23.8 Å². The molecule has 1 nitrogen and oxygen atoms in total. The molecule has 74 valence electrons. The molecule has 0 radical (unpaired) electrons. The normalized spacial score (nSPS) is 12.4. The molecule has 0 aliphatic heterocycles. The molecule has 0 amide bonds. The molecule has 1 aromatic rings. The summed E-state index contributed by atoms with van der Waals surface area (Å²) in [6.07, 6.45) is -4.80. The first-order chi connectivity index (χ1) is 5.71. The predicted octanol–water partition coefficient (Wildman–Crippen LogP) is -0.780. The Morgan fingerprint density at radius 1 is 1.21 bits per heavy atom. The van der Waals surface area contributed by atoms with Crippen LogP contribution in [-0.4, -0.2) is 12.0 Å². The van der Waals surface area contributed by atoms with Crippen LogP contribution in [0.1, 0.15) is 5.01 Å². The van der Waals surface area contributed by atoms with Gasteiger partial charge in [-0.05, 0) is 11.0 Å². The van der Waals surface area contributed by atoms with Crippen LogP contribution in [0.4, 0.5) is 26.1 Å². The zero-order chi connectivity index (χ0) is 10.3. The van der Waals surface area contributed by atoms with Gasteiger partial charge in [0.1, 0.15) is 0 Å². The van der Waals surface area contributed by atoms with Gasteiger partial charge >= 0.3 is 64.5 Å². The first-order valence-electron chi connectivity index (χ1n) is 2.94. The standard InChI is InChI=1S/C4HBF6NS.K/c6-4(7,8)3-12-2(1-13-3)5(9,10)11;/h1H;/q-1;+1. The number of alkyl halides is 3. The van der Waals surface area contributed by atoms with Crippen LogP contribution in [0.3, 0.4) is 0 Å². The van der Waals surface area contributed by atoms with Crippen molar-refractivity contribution in [3.63, 3.8) is 0 Å². The third kappa shape index (κ3) is 3.82. The molecule has 0 saturated heterocycles. The molecule has 0 saturated carbocycles. The zero-order valence-electron chi connectivity index (χ0n) is 6.78. The number of thiazole rings is 1. The van der Waals surface area contributed by atoms with Crippen molar-refractivity contribution in [2.45, 2.75) is 6.18 Å². The van der Waals surface area contributed by atoms with Gasteiger partial charge in [-0.25, -0.2) is 0 Å². The minimum absolute atomic E-state index is 0. The molecule has 0 spiro atoms. The molecule has 10 heteroatoms. The van der Waals surface area contributed by atoms with Gasteiger partial charge in [-0.1, -0.05) is 0 Å². The van der Waals surface area contributed by atoms with Gasteiger partial charge in [0.05, 0.1) is 0 Å². The van der Waals surface area contributed by atoms with Crippen molar-refractivity contribution in [3.05, 3.63) is 10.4 Å². The van der Waals surface area contributed by atoms with E-state index >= 15 is 0 Å². The second-order valence-corrected chi connectivity index (χ2v) is 3.01.